The van der Waals surface area contributed by atoms with Gasteiger partial charge in [0.05, 0.1) is 4.88 Å². The maximum absolute atomic E-state index is 11.9. The fourth-order valence-electron chi connectivity index (χ4n) is 1.53. The average Bonchev–Trinajstić information content (AvgIpc) is 2.92. The number of amides is 2. The Morgan fingerprint density at radius 1 is 1.32 bits per heavy atom. The highest BCUT2D eigenvalue weighted by Crippen LogP contribution is 2.07. The maximum Gasteiger partial charge on any atom is 0.261 e. The second kappa shape index (κ2) is 8.26. The number of thiophene rings is 1. The van der Waals surface area contributed by atoms with Crippen LogP contribution in [-0.2, 0) is 4.79 Å². The highest BCUT2D eigenvalue weighted by atomic mass is 32.1. The summed E-state index contributed by atoms with van der Waals surface area (Å²) in [6, 6.07) is 3.57. The van der Waals surface area contributed by atoms with Crippen molar-refractivity contribution in [1.29, 1.82) is 0 Å². The molecule has 1 N–H and O–H groups in total. The van der Waals surface area contributed by atoms with E-state index in [1.165, 1.54) is 11.3 Å². The van der Waals surface area contributed by atoms with Crippen LogP contribution in [0.4, 0.5) is 0 Å². The van der Waals surface area contributed by atoms with E-state index >= 15 is 0 Å². The lowest BCUT2D eigenvalue weighted by molar-refractivity contribution is -0.130. The molecule has 102 valence electrons. The van der Waals surface area contributed by atoms with Crippen LogP contribution in [0.25, 0.3) is 0 Å². The standard InChI is InChI=1S/C14H18N2O2S/c1-3-9-16(10-4-2)13(17)7-8-15-14(18)12-6-5-11-19-12/h3-6,11H,1-2,7-10H2,(H,15,18). The largest absolute Gasteiger partial charge is 0.351 e. The van der Waals surface area contributed by atoms with Gasteiger partial charge in [0.15, 0.2) is 0 Å². The van der Waals surface area contributed by atoms with Gasteiger partial charge in [-0.25, -0.2) is 0 Å². The number of hydrogen-bond donors (Lipinski definition) is 1. The fourth-order valence-corrected chi connectivity index (χ4v) is 2.17. The third-order valence-electron chi connectivity index (χ3n) is 2.42. The molecule has 1 heterocycles. The Labute approximate surface area is 117 Å². The quantitative estimate of drug-likeness (QED) is 0.740. The summed E-state index contributed by atoms with van der Waals surface area (Å²) < 4.78 is 0. The molecule has 0 fully saturated rings. The van der Waals surface area contributed by atoms with Crippen molar-refractivity contribution in [1.82, 2.24) is 10.2 Å². The zero-order valence-corrected chi connectivity index (χ0v) is 11.6. The van der Waals surface area contributed by atoms with E-state index in [2.05, 4.69) is 18.5 Å². The maximum atomic E-state index is 11.9. The molecule has 5 heteroatoms. The van der Waals surface area contributed by atoms with Crippen molar-refractivity contribution in [2.45, 2.75) is 6.42 Å². The highest BCUT2D eigenvalue weighted by Gasteiger charge is 2.11. The second-order valence-electron chi connectivity index (χ2n) is 3.86. The molecule has 0 aliphatic rings. The summed E-state index contributed by atoms with van der Waals surface area (Å²) in [7, 11) is 0. The van der Waals surface area contributed by atoms with Gasteiger partial charge in [-0.2, -0.15) is 0 Å². The predicted octanol–water partition coefficient (Wildman–Crippen LogP) is 2.07. The molecule has 0 spiro atoms. The van der Waals surface area contributed by atoms with Gasteiger partial charge < -0.3 is 10.2 Å². The molecule has 0 radical (unpaired) electrons. The molecule has 0 atom stereocenters. The highest BCUT2D eigenvalue weighted by molar-refractivity contribution is 7.12. The Kier molecular flexibility index (Phi) is 6.60. The van der Waals surface area contributed by atoms with Gasteiger partial charge >= 0.3 is 0 Å². The zero-order chi connectivity index (χ0) is 14.1. The molecule has 0 saturated heterocycles. The number of nitrogens with zero attached hydrogens (tertiary/aromatic N) is 1. The minimum Gasteiger partial charge on any atom is -0.351 e. The molecular formula is C14H18N2O2S. The van der Waals surface area contributed by atoms with Crippen LogP contribution in [0.2, 0.25) is 0 Å². The fraction of sp³-hybridized carbons (Fsp3) is 0.286. The van der Waals surface area contributed by atoms with Crippen LogP contribution in [0, 0.1) is 0 Å². The summed E-state index contributed by atoms with van der Waals surface area (Å²) >= 11 is 1.38. The molecule has 2 amide bonds. The van der Waals surface area contributed by atoms with Crippen molar-refractivity contribution >= 4 is 23.2 Å². The van der Waals surface area contributed by atoms with Crippen molar-refractivity contribution in [2.75, 3.05) is 19.6 Å². The van der Waals surface area contributed by atoms with Crippen molar-refractivity contribution in [3.8, 4) is 0 Å². The normalized spacial score (nSPS) is 9.68. The minimum atomic E-state index is -0.137. The first kappa shape index (κ1) is 15.2. The smallest absolute Gasteiger partial charge is 0.261 e. The lowest BCUT2D eigenvalue weighted by Crippen LogP contribution is -2.34. The third kappa shape index (κ3) is 5.09. The number of nitrogens with one attached hydrogen (secondary N) is 1. The van der Waals surface area contributed by atoms with Crippen molar-refractivity contribution in [3.63, 3.8) is 0 Å². The molecule has 4 nitrogen and oxygen atoms in total. The molecule has 0 aliphatic heterocycles. The predicted molar refractivity (Wildman–Crippen MR) is 78.2 cm³/mol. The number of hydrogen-bond acceptors (Lipinski definition) is 3. The first-order chi connectivity index (χ1) is 9.19. The van der Waals surface area contributed by atoms with E-state index in [-0.39, 0.29) is 18.2 Å². The Bertz CT molecular complexity index is 430. The summed E-state index contributed by atoms with van der Waals surface area (Å²) in [6.45, 7) is 8.53. The van der Waals surface area contributed by atoms with Crippen LogP contribution >= 0.6 is 11.3 Å². The molecular weight excluding hydrogens is 260 g/mol. The van der Waals surface area contributed by atoms with E-state index in [4.69, 9.17) is 0 Å². The van der Waals surface area contributed by atoms with Crippen LogP contribution in [0.15, 0.2) is 42.8 Å². The van der Waals surface area contributed by atoms with Gasteiger partial charge in [-0.1, -0.05) is 18.2 Å². The van der Waals surface area contributed by atoms with Gasteiger partial charge in [0.2, 0.25) is 5.91 Å². The lowest BCUT2D eigenvalue weighted by Gasteiger charge is -2.19. The number of carbonyl (C=O) groups is 2. The Balaban J connectivity index is 2.34. The molecule has 1 aromatic heterocycles. The molecule has 0 bridgehead atoms. The van der Waals surface area contributed by atoms with Crippen LogP contribution in [-0.4, -0.2) is 36.3 Å². The Morgan fingerprint density at radius 2 is 2.00 bits per heavy atom. The zero-order valence-electron chi connectivity index (χ0n) is 10.8. The van der Waals surface area contributed by atoms with E-state index in [1.807, 2.05) is 11.4 Å². The molecule has 1 rings (SSSR count). The monoisotopic (exact) mass is 278 g/mol. The van der Waals surface area contributed by atoms with Gasteiger partial charge in [-0.05, 0) is 11.4 Å². The van der Waals surface area contributed by atoms with E-state index in [9.17, 15) is 9.59 Å². The first-order valence-electron chi connectivity index (χ1n) is 6.00. The Hall–Kier alpha value is -1.88. The van der Waals surface area contributed by atoms with Crippen LogP contribution in [0.3, 0.4) is 0 Å². The van der Waals surface area contributed by atoms with E-state index in [1.54, 1.807) is 23.1 Å². The minimum absolute atomic E-state index is 0.0220. The lowest BCUT2D eigenvalue weighted by atomic mass is 10.3. The third-order valence-corrected chi connectivity index (χ3v) is 3.29. The van der Waals surface area contributed by atoms with Crippen LogP contribution in [0.1, 0.15) is 16.1 Å². The van der Waals surface area contributed by atoms with Crippen molar-refractivity contribution in [2.24, 2.45) is 0 Å². The summed E-state index contributed by atoms with van der Waals surface area (Å²) in [4.78, 5) is 25.8. The van der Waals surface area contributed by atoms with Gasteiger partial charge in [0.25, 0.3) is 5.91 Å². The van der Waals surface area contributed by atoms with E-state index < -0.39 is 0 Å². The average molecular weight is 278 g/mol. The molecule has 0 saturated carbocycles. The molecule has 0 unspecified atom stereocenters. The van der Waals surface area contributed by atoms with Crippen molar-refractivity contribution in [3.05, 3.63) is 47.7 Å². The summed E-state index contributed by atoms with van der Waals surface area (Å²) in [5.74, 6) is -0.159. The van der Waals surface area contributed by atoms with Gasteiger partial charge in [-0.15, -0.1) is 24.5 Å². The second-order valence-corrected chi connectivity index (χ2v) is 4.81. The number of carbonyl (C=O) groups excluding carboxylic acids is 2. The van der Waals surface area contributed by atoms with Crippen LogP contribution in [0.5, 0.6) is 0 Å². The van der Waals surface area contributed by atoms with Gasteiger partial charge in [-0.3, -0.25) is 9.59 Å². The SMILES string of the molecule is C=CCN(CC=C)C(=O)CCNC(=O)c1cccs1. The van der Waals surface area contributed by atoms with Gasteiger partial charge in [0.1, 0.15) is 0 Å². The van der Waals surface area contributed by atoms with Crippen LogP contribution < -0.4 is 5.32 Å². The molecule has 1 aromatic rings. The number of rotatable bonds is 8. The van der Waals surface area contributed by atoms with E-state index in [0.717, 1.165) is 0 Å². The first-order valence-corrected chi connectivity index (χ1v) is 6.88. The molecule has 19 heavy (non-hydrogen) atoms. The summed E-state index contributed by atoms with van der Waals surface area (Å²) in [6.07, 6.45) is 3.62. The summed E-state index contributed by atoms with van der Waals surface area (Å²) in [5, 5.41) is 4.57. The topological polar surface area (TPSA) is 49.4 Å². The van der Waals surface area contributed by atoms with Gasteiger partial charge in [0, 0.05) is 26.1 Å². The molecule has 0 aromatic carbocycles. The summed E-state index contributed by atoms with van der Waals surface area (Å²) in [5.41, 5.74) is 0. The van der Waals surface area contributed by atoms with Crippen molar-refractivity contribution < 1.29 is 9.59 Å². The van der Waals surface area contributed by atoms with E-state index in [0.29, 0.717) is 24.5 Å². The molecule has 0 aliphatic carbocycles. The Morgan fingerprint density at radius 3 is 2.53 bits per heavy atom.